The lowest BCUT2D eigenvalue weighted by Crippen LogP contribution is -2.48. The van der Waals surface area contributed by atoms with Gasteiger partial charge in [-0.3, -0.25) is 19.3 Å². The van der Waals surface area contributed by atoms with Gasteiger partial charge >= 0.3 is 0 Å². The predicted molar refractivity (Wildman–Crippen MR) is 168 cm³/mol. The molecule has 9 nitrogen and oxygen atoms in total. The van der Waals surface area contributed by atoms with Crippen molar-refractivity contribution >= 4 is 40.5 Å². The normalized spacial score (nSPS) is 14.8. The Bertz CT molecular complexity index is 1770. The van der Waals surface area contributed by atoms with E-state index in [2.05, 4.69) is 10.1 Å². The van der Waals surface area contributed by atoms with Crippen LogP contribution in [0, 0.1) is 5.92 Å². The minimum absolute atomic E-state index is 0.109. The summed E-state index contributed by atoms with van der Waals surface area (Å²) in [5.41, 5.74) is 3.01. The van der Waals surface area contributed by atoms with E-state index in [1.165, 1.54) is 9.80 Å². The molecule has 2 heterocycles. The first-order valence-electron chi connectivity index (χ1n) is 14.5. The van der Waals surface area contributed by atoms with E-state index in [0.717, 1.165) is 11.3 Å². The standard InChI is InChI=1S/C35H31N5O4/c1-24(2)39(26-16-8-4-9-17-26)32(41)23-38-29-20-12-13-21-30(29)40(27-18-10-5-11-19-27)35(43)28(34(38)42)22-31-36-33(44-37-31)25-14-6-3-7-15-25/h3-21,24,28H,22-23H2,1-2H3. The Labute approximate surface area is 255 Å². The van der Waals surface area contributed by atoms with Crippen LogP contribution in [0.4, 0.5) is 22.7 Å². The van der Waals surface area contributed by atoms with E-state index in [-0.39, 0.29) is 30.7 Å². The highest BCUT2D eigenvalue weighted by atomic mass is 16.5. The van der Waals surface area contributed by atoms with E-state index >= 15 is 0 Å². The summed E-state index contributed by atoms with van der Waals surface area (Å²) in [5, 5.41) is 4.11. The molecule has 0 N–H and O–H groups in total. The van der Waals surface area contributed by atoms with Crippen LogP contribution in [0.5, 0.6) is 0 Å². The Morgan fingerprint density at radius 3 is 2.05 bits per heavy atom. The van der Waals surface area contributed by atoms with Crippen LogP contribution in [0.25, 0.3) is 11.5 Å². The third kappa shape index (κ3) is 5.59. The summed E-state index contributed by atoms with van der Waals surface area (Å²) in [6.45, 7) is 3.58. The SMILES string of the molecule is CC(C)N(C(=O)CN1C(=O)C(Cc2noc(-c3ccccc3)n2)C(=O)N(c2ccccc2)c2ccccc21)c1ccccc1. The first-order chi connectivity index (χ1) is 21.4. The Morgan fingerprint density at radius 1 is 0.795 bits per heavy atom. The van der Waals surface area contributed by atoms with Gasteiger partial charge in [0.25, 0.3) is 5.89 Å². The summed E-state index contributed by atoms with van der Waals surface area (Å²) in [6.07, 6.45) is -0.109. The van der Waals surface area contributed by atoms with E-state index in [1.807, 2.05) is 111 Å². The van der Waals surface area contributed by atoms with Gasteiger partial charge in [0.1, 0.15) is 12.5 Å². The van der Waals surface area contributed by atoms with Crippen molar-refractivity contribution < 1.29 is 18.9 Å². The fourth-order valence-electron chi connectivity index (χ4n) is 5.50. The Balaban J connectivity index is 1.42. The second-order valence-corrected chi connectivity index (χ2v) is 10.8. The molecule has 0 saturated carbocycles. The van der Waals surface area contributed by atoms with Gasteiger partial charge in [0.05, 0.1) is 11.4 Å². The fourth-order valence-corrected chi connectivity index (χ4v) is 5.50. The first kappa shape index (κ1) is 28.5. The molecule has 9 heteroatoms. The van der Waals surface area contributed by atoms with Gasteiger partial charge in [-0.2, -0.15) is 4.98 Å². The number of para-hydroxylation sites is 4. The summed E-state index contributed by atoms with van der Waals surface area (Å²) < 4.78 is 5.49. The molecule has 0 saturated heterocycles. The van der Waals surface area contributed by atoms with Crippen molar-refractivity contribution in [3.05, 3.63) is 121 Å². The maximum atomic E-state index is 14.5. The van der Waals surface area contributed by atoms with Gasteiger partial charge in [-0.15, -0.1) is 0 Å². The molecule has 5 aromatic rings. The van der Waals surface area contributed by atoms with E-state index in [1.54, 1.807) is 23.1 Å². The zero-order chi connectivity index (χ0) is 30.6. The van der Waals surface area contributed by atoms with Crippen LogP contribution < -0.4 is 14.7 Å². The highest BCUT2D eigenvalue weighted by molar-refractivity contribution is 6.21. The number of anilines is 4. The molecule has 0 spiro atoms. The number of amides is 3. The highest BCUT2D eigenvalue weighted by Gasteiger charge is 2.42. The molecule has 0 aliphatic carbocycles. The van der Waals surface area contributed by atoms with Crippen molar-refractivity contribution in [3.63, 3.8) is 0 Å². The van der Waals surface area contributed by atoms with Crippen LogP contribution in [-0.2, 0) is 20.8 Å². The monoisotopic (exact) mass is 585 g/mol. The van der Waals surface area contributed by atoms with Crippen molar-refractivity contribution in [1.29, 1.82) is 0 Å². The molecule has 1 aromatic heterocycles. The van der Waals surface area contributed by atoms with E-state index in [4.69, 9.17) is 4.52 Å². The number of rotatable bonds is 8. The van der Waals surface area contributed by atoms with Crippen LogP contribution in [0.15, 0.2) is 120 Å². The second kappa shape index (κ2) is 12.3. The third-order valence-electron chi connectivity index (χ3n) is 7.50. The Morgan fingerprint density at radius 2 is 1.39 bits per heavy atom. The molecule has 6 rings (SSSR count). The van der Waals surface area contributed by atoms with Crippen LogP contribution in [0.1, 0.15) is 19.7 Å². The van der Waals surface area contributed by atoms with Crippen molar-refractivity contribution in [2.45, 2.75) is 26.3 Å². The second-order valence-electron chi connectivity index (χ2n) is 10.8. The summed E-state index contributed by atoms with van der Waals surface area (Å²) in [4.78, 5) is 52.0. The van der Waals surface area contributed by atoms with Crippen LogP contribution >= 0.6 is 0 Å². The van der Waals surface area contributed by atoms with Gasteiger partial charge in [-0.1, -0.05) is 71.9 Å². The summed E-state index contributed by atoms with van der Waals surface area (Å²) in [7, 11) is 0. The first-order valence-corrected chi connectivity index (χ1v) is 14.5. The third-order valence-corrected chi connectivity index (χ3v) is 7.50. The number of carbonyl (C=O) groups is 3. The van der Waals surface area contributed by atoms with E-state index in [0.29, 0.717) is 23.0 Å². The lowest BCUT2D eigenvalue weighted by atomic mass is 10.0. The molecule has 0 bridgehead atoms. The zero-order valence-electron chi connectivity index (χ0n) is 24.4. The maximum Gasteiger partial charge on any atom is 0.257 e. The van der Waals surface area contributed by atoms with Crippen molar-refractivity contribution in [2.75, 3.05) is 21.2 Å². The van der Waals surface area contributed by atoms with Crippen molar-refractivity contribution in [1.82, 2.24) is 10.1 Å². The molecule has 220 valence electrons. The van der Waals surface area contributed by atoms with Gasteiger partial charge in [-0.05, 0) is 62.4 Å². The Hall–Kier alpha value is -5.57. The molecule has 0 fully saturated rings. The average Bonchev–Trinajstić information content (AvgIpc) is 3.50. The quantitative estimate of drug-likeness (QED) is 0.206. The lowest BCUT2D eigenvalue weighted by Gasteiger charge is -2.31. The molecular formula is C35H31N5O4. The number of hydrogen-bond acceptors (Lipinski definition) is 6. The summed E-state index contributed by atoms with van der Waals surface area (Å²) in [6, 6.07) is 34.8. The predicted octanol–water partition coefficient (Wildman–Crippen LogP) is 6.05. The van der Waals surface area contributed by atoms with Gasteiger partial charge < -0.3 is 14.3 Å². The summed E-state index contributed by atoms with van der Waals surface area (Å²) >= 11 is 0. The molecule has 1 aliphatic heterocycles. The fraction of sp³-hybridized carbons (Fsp3) is 0.171. The average molecular weight is 586 g/mol. The van der Waals surface area contributed by atoms with Gasteiger partial charge in [0, 0.05) is 29.4 Å². The number of hydrogen-bond donors (Lipinski definition) is 0. The zero-order valence-corrected chi connectivity index (χ0v) is 24.4. The molecular weight excluding hydrogens is 554 g/mol. The van der Waals surface area contributed by atoms with Gasteiger partial charge in [0.2, 0.25) is 17.7 Å². The molecule has 1 atom stereocenters. The Kier molecular flexibility index (Phi) is 8.01. The molecule has 44 heavy (non-hydrogen) atoms. The molecule has 1 unspecified atom stereocenters. The lowest BCUT2D eigenvalue weighted by molar-refractivity contribution is -0.132. The number of aromatic nitrogens is 2. The maximum absolute atomic E-state index is 14.5. The van der Waals surface area contributed by atoms with Crippen molar-refractivity contribution in [2.24, 2.45) is 5.92 Å². The minimum atomic E-state index is -1.22. The molecule has 0 radical (unpaired) electrons. The number of nitrogens with zero attached hydrogens (tertiary/aromatic N) is 5. The van der Waals surface area contributed by atoms with E-state index in [9.17, 15) is 14.4 Å². The smallest absolute Gasteiger partial charge is 0.257 e. The van der Waals surface area contributed by atoms with E-state index < -0.39 is 17.7 Å². The van der Waals surface area contributed by atoms with Crippen molar-refractivity contribution in [3.8, 4) is 11.5 Å². The van der Waals surface area contributed by atoms with Gasteiger partial charge in [0.15, 0.2) is 5.82 Å². The van der Waals surface area contributed by atoms with Gasteiger partial charge in [-0.25, -0.2) is 0 Å². The largest absolute Gasteiger partial charge is 0.334 e. The van der Waals surface area contributed by atoms with Crippen LogP contribution in [-0.4, -0.2) is 40.4 Å². The number of carbonyl (C=O) groups excluding carboxylic acids is 3. The highest BCUT2D eigenvalue weighted by Crippen LogP contribution is 2.40. The molecule has 4 aromatic carbocycles. The molecule has 1 aliphatic rings. The minimum Gasteiger partial charge on any atom is -0.334 e. The topological polar surface area (TPSA) is 99.9 Å². The number of benzene rings is 4. The summed E-state index contributed by atoms with van der Waals surface area (Å²) in [5.74, 6) is -1.95. The van der Waals surface area contributed by atoms with Crippen LogP contribution in [0.2, 0.25) is 0 Å². The number of fused-ring (bicyclic) bond motifs is 1. The molecule has 3 amide bonds. The van der Waals surface area contributed by atoms with Crippen LogP contribution in [0.3, 0.4) is 0 Å².